The monoisotopic (exact) mass is 311 g/mol. The number of hydrogen-bond acceptors (Lipinski definition) is 6. The zero-order valence-electron chi connectivity index (χ0n) is 12.9. The summed E-state index contributed by atoms with van der Waals surface area (Å²) in [6, 6.07) is 15.3. The first kappa shape index (κ1) is 14.9. The smallest absolute Gasteiger partial charge is 0.326 e. The van der Waals surface area contributed by atoms with E-state index >= 15 is 0 Å². The average molecular weight is 311 g/mol. The van der Waals surface area contributed by atoms with Crippen LogP contribution >= 0.6 is 0 Å². The largest absolute Gasteiger partial charge is 0.497 e. The molecule has 2 aromatic carbocycles. The molecule has 0 amide bonds. The van der Waals surface area contributed by atoms with Gasteiger partial charge in [-0.2, -0.15) is 4.98 Å². The Labute approximate surface area is 134 Å². The lowest BCUT2D eigenvalue weighted by Crippen LogP contribution is -1.93. The van der Waals surface area contributed by atoms with Crippen molar-refractivity contribution in [2.45, 2.75) is 6.92 Å². The summed E-state index contributed by atoms with van der Waals surface area (Å²) in [4.78, 5) is 4.33. The van der Waals surface area contributed by atoms with E-state index in [9.17, 15) is 0 Å². The third-order valence-corrected chi connectivity index (χ3v) is 3.19. The van der Waals surface area contributed by atoms with Crippen molar-refractivity contribution in [3.05, 3.63) is 48.5 Å². The predicted octanol–water partition coefficient (Wildman–Crippen LogP) is 3.89. The molecule has 0 unspecified atom stereocenters. The van der Waals surface area contributed by atoms with E-state index in [-0.39, 0.29) is 0 Å². The quantitative estimate of drug-likeness (QED) is 0.745. The molecule has 118 valence electrons. The molecule has 0 aliphatic rings. The molecule has 0 bridgehead atoms. The maximum atomic E-state index is 5.40. The van der Waals surface area contributed by atoms with Crippen LogP contribution < -0.4 is 14.8 Å². The SMILES string of the molecule is CCOc1ccc(Nc2nc(-c3ccc(OC)cc3)no2)cc1. The number of ether oxygens (including phenoxy) is 2. The second-order valence-electron chi connectivity index (χ2n) is 4.73. The number of anilines is 2. The lowest BCUT2D eigenvalue weighted by molar-refractivity contribution is 0.340. The molecule has 6 heteroatoms. The number of rotatable bonds is 6. The second kappa shape index (κ2) is 6.83. The van der Waals surface area contributed by atoms with Crippen molar-refractivity contribution in [1.29, 1.82) is 0 Å². The van der Waals surface area contributed by atoms with Crippen molar-refractivity contribution in [2.24, 2.45) is 0 Å². The van der Waals surface area contributed by atoms with Crippen LogP contribution in [-0.4, -0.2) is 23.9 Å². The van der Waals surface area contributed by atoms with E-state index in [1.165, 1.54) is 0 Å². The molecule has 1 N–H and O–H groups in total. The molecule has 0 saturated heterocycles. The van der Waals surface area contributed by atoms with Crippen molar-refractivity contribution in [2.75, 3.05) is 19.0 Å². The Kier molecular flexibility index (Phi) is 4.42. The van der Waals surface area contributed by atoms with Crippen molar-refractivity contribution in [3.8, 4) is 22.9 Å². The Balaban J connectivity index is 1.71. The Morgan fingerprint density at radius 1 is 1.00 bits per heavy atom. The van der Waals surface area contributed by atoms with Crippen LogP contribution in [0, 0.1) is 0 Å². The van der Waals surface area contributed by atoms with Crippen LogP contribution in [0.3, 0.4) is 0 Å². The normalized spacial score (nSPS) is 10.3. The molecule has 0 saturated carbocycles. The zero-order chi connectivity index (χ0) is 16.1. The van der Waals surface area contributed by atoms with E-state index in [1.54, 1.807) is 7.11 Å². The fraction of sp³-hybridized carbons (Fsp3) is 0.176. The minimum Gasteiger partial charge on any atom is -0.497 e. The molecule has 0 aliphatic carbocycles. The van der Waals surface area contributed by atoms with E-state index < -0.39 is 0 Å². The number of nitrogens with zero attached hydrogens (tertiary/aromatic N) is 2. The van der Waals surface area contributed by atoms with Gasteiger partial charge in [0.1, 0.15) is 11.5 Å². The summed E-state index contributed by atoms with van der Waals surface area (Å²) in [5.74, 6) is 2.12. The van der Waals surface area contributed by atoms with Crippen molar-refractivity contribution >= 4 is 11.7 Å². The number of nitrogens with one attached hydrogen (secondary N) is 1. The lowest BCUT2D eigenvalue weighted by atomic mass is 10.2. The van der Waals surface area contributed by atoms with Crippen molar-refractivity contribution in [3.63, 3.8) is 0 Å². The molecule has 1 heterocycles. The molecule has 0 radical (unpaired) electrons. The summed E-state index contributed by atoms with van der Waals surface area (Å²) in [5.41, 5.74) is 1.70. The summed E-state index contributed by atoms with van der Waals surface area (Å²) in [6.45, 7) is 2.59. The van der Waals surface area contributed by atoms with E-state index in [0.717, 1.165) is 22.7 Å². The van der Waals surface area contributed by atoms with Crippen LogP contribution in [0.1, 0.15) is 6.92 Å². The van der Waals surface area contributed by atoms with Crippen LogP contribution in [0.15, 0.2) is 53.1 Å². The van der Waals surface area contributed by atoms with Gasteiger partial charge in [0.2, 0.25) is 5.82 Å². The van der Waals surface area contributed by atoms with Crippen LogP contribution in [0.2, 0.25) is 0 Å². The maximum absolute atomic E-state index is 5.40. The molecule has 1 aromatic heterocycles. The van der Waals surface area contributed by atoms with Gasteiger partial charge in [-0.3, -0.25) is 0 Å². The first-order valence-corrected chi connectivity index (χ1v) is 7.26. The first-order valence-electron chi connectivity index (χ1n) is 7.26. The van der Waals surface area contributed by atoms with Gasteiger partial charge >= 0.3 is 6.01 Å². The van der Waals surface area contributed by atoms with Crippen LogP contribution in [0.5, 0.6) is 11.5 Å². The summed E-state index contributed by atoms with van der Waals surface area (Å²) < 4.78 is 15.8. The third-order valence-electron chi connectivity index (χ3n) is 3.19. The molecule has 6 nitrogen and oxygen atoms in total. The van der Waals surface area contributed by atoms with Crippen LogP contribution in [0.25, 0.3) is 11.4 Å². The number of methoxy groups -OCH3 is 1. The first-order chi connectivity index (χ1) is 11.3. The predicted molar refractivity (Wildman–Crippen MR) is 87.2 cm³/mol. The lowest BCUT2D eigenvalue weighted by Gasteiger charge is -2.04. The van der Waals surface area contributed by atoms with Gasteiger partial charge in [0, 0.05) is 11.3 Å². The van der Waals surface area contributed by atoms with E-state index in [0.29, 0.717) is 18.4 Å². The molecule has 23 heavy (non-hydrogen) atoms. The maximum Gasteiger partial charge on any atom is 0.326 e. The van der Waals surface area contributed by atoms with Crippen molar-refractivity contribution in [1.82, 2.24) is 10.1 Å². The molecule has 0 aliphatic heterocycles. The highest BCUT2D eigenvalue weighted by molar-refractivity contribution is 5.59. The fourth-order valence-electron chi connectivity index (χ4n) is 2.06. The Bertz CT molecular complexity index is 752. The molecular formula is C17H17N3O3. The highest BCUT2D eigenvalue weighted by Gasteiger charge is 2.09. The summed E-state index contributed by atoms with van der Waals surface area (Å²) >= 11 is 0. The molecule has 0 atom stereocenters. The van der Waals surface area contributed by atoms with Gasteiger partial charge in [-0.15, -0.1) is 0 Å². The highest BCUT2D eigenvalue weighted by Crippen LogP contribution is 2.23. The number of aromatic nitrogens is 2. The van der Waals surface area contributed by atoms with Gasteiger partial charge < -0.3 is 19.3 Å². The third kappa shape index (κ3) is 3.60. The Hall–Kier alpha value is -3.02. The standard InChI is InChI=1S/C17H17N3O3/c1-3-22-15-10-6-13(7-11-15)18-17-19-16(20-23-17)12-4-8-14(21-2)9-5-12/h4-11H,3H2,1-2H3,(H,18,19,20). The summed E-state index contributed by atoms with van der Waals surface area (Å²) in [7, 11) is 1.63. The van der Waals surface area contributed by atoms with Crippen molar-refractivity contribution < 1.29 is 14.0 Å². The Morgan fingerprint density at radius 2 is 1.70 bits per heavy atom. The summed E-state index contributed by atoms with van der Waals surface area (Å²) in [6.07, 6.45) is 0. The number of hydrogen-bond donors (Lipinski definition) is 1. The molecule has 3 rings (SSSR count). The van der Waals surface area contributed by atoms with E-state index in [4.69, 9.17) is 14.0 Å². The van der Waals surface area contributed by atoms with Crippen LogP contribution in [0.4, 0.5) is 11.7 Å². The number of benzene rings is 2. The highest BCUT2D eigenvalue weighted by atomic mass is 16.5. The molecule has 0 spiro atoms. The van der Waals surface area contributed by atoms with Gasteiger partial charge in [-0.1, -0.05) is 5.16 Å². The molecule has 0 fully saturated rings. The summed E-state index contributed by atoms with van der Waals surface area (Å²) in [5, 5.41) is 7.04. The zero-order valence-corrected chi connectivity index (χ0v) is 12.9. The van der Waals surface area contributed by atoms with Gasteiger partial charge in [-0.05, 0) is 55.5 Å². The molecule has 3 aromatic rings. The van der Waals surface area contributed by atoms with Gasteiger partial charge in [0.15, 0.2) is 0 Å². The van der Waals surface area contributed by atoms with Gasteiger partial charge in [-0.25, -0.2) is 0 Å². The van der Waals surface area contributed by atoms with Gasteiger partial charge in [0.25, 0.3) is 0 Å². The van der Waals surface area contributed by atoms with Crippen LogP contribution in [-0.2, 0) is 0 Å². The van der Waals surface area contributed by atoms with E-state index in [2.05, 4.69) is 15.5 Å². The minimum atomic E-state index is 0.333. The minimum absolute atomic E-state index is 0.333. The second-order valence-corrected chi connectivity index (χ2v) is 4.73. The molecular weight excluding hydrogens is 294 g/mol. The van der Waals surface area contributed by atoms with E-state index in [1.807, 2.05) is 55.5 Å². The average Bonchev–Trinajstić information content (AvgIpc) is 3.05. The van der Waals surface area contributed by atoms with Gasteiger partial charge in [0.05, 0.1) is 13.7 Å². The Morgan fingerprint density at radius 3 is 2.35 bits per heavy atom. The topological polar surface area (TPSA) is 69.4 Å². The fourth-order valence-corrected chi connectivity index (χ4v) is 2.06.